The Morgan fingerprint density at radius 2 is 1.81 bits per heavy atom. The van der Waals surface area contributed by atoms with Gasteiger partial charge in [0.2, 0.25) is 0 Å². The van der Waals surface area contributed by atoms with E-state index in [0.717, 1.165) is 32.5 Å². The summed E-state index contributed by atoms with van der Waals surface area (Å²) in [6.45, 7) is 2.28. The second kappa shape index (κ2) is 6.12. The largest absolute Gasteiger partial charge is 0.381 e. The van der Waals surface area contributed by atoms with Crippen molar-refractivity contribution in [1.82, 2.24) is 0 Å². The summed E-state index contributed by atoms with van der Waals surface area (Å²) < 4.78 is 17.9. The number of nitrogens with two attached hydrogens (primary N) is 1. The van der Waals surface area contributed by atoms with Crippen molar-refractivity contribution < 1.29 is 8.95 Å². The van der Waals surface area contributed by atoms with Crippen LogP contribution in [-0.2, 0) is 15.5 Å². The third kappa shape index (κ3) is 2.84. The van der Waals surface area contributed by atoms with Gasteiger partial charge >= 0.3 is 0 Å². The van der Waals surface area contributed by atoms with E-state index in [-0.39, 0.29) is 0 Å². The zero-order valence-electron chi connectivity index (χ0n) is 9.90. The van der Waals surface area contributed by atoms with E-state index in [9.17, 15) is 4.21 Å². The van der Waals surface area contributed by atoms with Gasteiger partial charge < -0.3 is 10.5 Å². The van der Waals surface area contributed by atoms with Crippen LogP contribution in [0.5, 0.6) is 0 Å². The lowest BCUT2D eigenvalue weighted by Crippen LogP contribution is -2.39. The van der Waals surface area contributed by atoms with Gasteiger partial charge in [0.05, 0.1) is 0 Å². The molecule has 2 N–H and O–H groups in total. The van der Waals surface area contributed by atoms with Gasteiger partial charge in [-0.2, -0.15) is 0 Å². The Kier molecular flexibility index (Phi) is 4.79. The van der Waals surface area contributed by atoms with Crippen molar-refractivity contribution >= 4 is 10.8 Å². The summed E-state index contributed by atoms with van der Waals surface area (Å²) in [7, 11) is -0.683. The molecule has 1 saturated carbocycles. The first-order valence-electron chi connectivity index (χ1n) is 6.50. The van der Waals surface area contributed by atoms with Gasteiger partial charge in [-0.3, -0.25) is 4.21 Å². The van der Waals surface area contributed by atoms with Gasteiger partial charge in [-0.05, 0) is 38.1 Å². The smallest absolute Gasteiger partial charge is 0.0477 e. The molecule has 0 amide bonds. The minimum Gasteiger partial charge on any atom is -0.381 e. The Hall–Kier alpha value is 0.0700. The van der Waals surface area contributed by atoms with E-state index < -0.39 is 10.8 Å². The van der Waals surface area contributed by atoms with Crippen LogP contribution < -0.4 is 5.73 Å². The normalized spacial score (nSPS) is 34.8. The minimum absolute atomic E-state index is 0.363. The molecule has 3 atom stereocenters. The number of hydrogen-bond acceptors (Lipinski definition) is 3. The zero-order chi connectivity index (χ0) is 11.4. The van der Waals surface area contributed by atoms with Crippen LogP contribution in [-0.4, -0.2) is 34.5 Å². The average molecular weight is 245 g/mol. The first-order chi connectivity index (χ1) is 7.83. The second-order valence-corrected chi connectivity index (χ2v) is 6.89. The van der Waals surface area contributed by atoms with E-state index in [2.05, 4.69) is 0 Å². The molecule has 1 aliphatic carbocycles. The monoisotopic (exact) mass is 245 g/mol. The molecule has 3 nitrogen and oxygen atoms in total. The van der Waals surface area contributed by atoms with Crippen molar-refractivity contribution in [3.8, 4) is 0 Å². The first-order valence-corrected chi connectivity index (χ1v) is 7.77. The van der Waals surface area contributed by atoms with Crippen LogP contribution in [0.4, 0.5) is 0 Å². The molecule has 1 aliphatic heterocycles. The molecule has 1 heterocycles. The fourth-order valence-electron chi connectivity index (χ4n) is 2.90. The average Bonchev–Trinajstić information content (AvgIpc) is 2.39. The molecule has 0 aromatic rings. The lowest BCUT2D eigenvalue weighted by molar-refractivity contribution is 0.0989. The molecule has 0 aromatic heterocycles. The van der Waals surface area contributed by atoms with Crippen LogP contribution in [0.3, 0.4) is 0 Å². The summed E-state index contributed by atoms with van der Waals surface area (Å²) in [6, 6.07) is 0. The standard InChI is InChI=1S/C12H23NO2S/c13-9-10-3-1-2-4-12(10)16(14)11-5-7-15-8-6-11/h10-12H,1-9,13H2. The van der Waals surface area contributed by atoms with Crippen molar-refractivity contribution in [1.29, 1.82) is 0 Å². The van der Waals surface area contributed by atoms with E-state index in [1.54, 1.807) is 0 Å². The van der Waals surface area contributed by atoms with Gasteiger partial charge in [-0.25, -0.2) is 0 Å². The fourth-order valence-corrected chi connectivity index (χ4v) is 5.08. The van der Waals surface area contributed by atoms with Gasteiger partial charge in [0.15, 0.2) is 0 Å². The van der Waals surface area contributed by atoms with Crippen LogP contribution in [0, 0.1) is 5.92 Å². The number of rotatable bonds is 3. The first kappa shape index (κ1) is 12.5. The lowest BCUT2D eigenvalue weighted by Gasteiger charge is -2.33. The van der Waals surface area contributed by atoms with Crippen LogP contribution in [0.2, 0.25) is 0 Å². The van der Waals surface area contributed by atoms with E-state index in [0.29, 0.717) is 23.0 Å². The second-order valence-electron chi connectivity index (χ2n) is 4.96. The quantitative estimate of drug-likeness (QED) is 0.818. The molecule has 94 valence electrons. The van der Waals surface area contributed by atoms with Crippen molar-refractivity contribution in [2.24, 2.45) is 11.7 Å². The van der Waals surface area contributed by atoms with Crippen molar-refractivity contribution in [3.05, 3.63) is 0 Å². The molecule has 0 radical (unpaired) electrons. The zero-order valence-corrected chi connectivity index (χ0v) is 10.7. The molecular weight excluding hydrogens is 222 g/mol. The maximum atomic E-state index is 12.5. The fraction of sp³-hybridized carbons (Fsp3) is 1.00. The Labute approximate surface area is 101 Å². The molecule has 2 rings (SSSR count). The predicted molar refractivity (Wildman–Crippen MR) is 66.8 cm³/mol. The summed E-state index contributed by atoms with van der Waals surface area (Å²) in [5.74, 6) is 0.498. The molecular formula is C12H23NO2S. The van der Waals surface area contributed by atoms with Gasteiger partial charge in [-0.1, -0.05) is 12.8 Å². The SMILES string of the molecule is NCC1CCCCC1S(=O)C1CCOCC1. The van der Waals surface area contributed by atoms with Gasteiger partial charge in [0.1, 0.15) is 0 Å². The van der Waals surface area contributed by atoms with E-state index in [1.165, 1.54) is 19.3 Å². The maximum Gasteiger partial charge on any atom is 0.0477 e. The van der Waals surface area contributed by atoms with Gasteiger partial charge in [0.25, 0.3) is 0 Å². The molecule has 0 bridgehead atoms. The highest BCUT2D eigenvalue weighted by molar-refractivity contribution is 7.86. The Balaban J connectivity index is 1.95. The van der Waals surface area contributed by atoms with Gasteiger partial charge in [-0.15, -0.1) is 0 Å². The maximum absolute atomic E-state index is 12.5. The third-order valence-corrected chi connectivity index (χ3v) is 6.28. The summed E-state index contributed by atoms with van der Waals surface area (Å²) in [6.07, 6.45) is 6.74. The molecule has 1 saturated heterocycles. The van der Waals surface area contributed by atoms with E-state index >= 15 is 0 Å². The van der Waals surface area contributed by atoms with Crippen molar-refractivity contribution in [3.63, 3.8) is 0 Å². The highest BCUT2D eigenvalue weighted by Crippen LogP contribution is 2.31. The minimum atomic E-state index is -0.683. The summed E-state index contributed by atoms with van der Waals surface area (Å²) >= 11 is 0. The molecule has 3 unspecified atom stereocenters. The topological polar surface area (TPSA) is 52.3 Å². The van der Waals surface area contributed by atoms with Crippen LogP contribution in [0.15, 0.2) is 0 Å². The molecule has 0 aromatic carbocycles. The Bertz CT molecular complexity index is 241. The van der Waals surface area contributed by atoms with E-state index in [1.807, 2.05) is 0 Å². The molecule has 2 fully saturated rings. The predicted octanol–water partition coefficient (Wildman–Crippen LogP) is 1.43. The summed E-state index contributed by atoms with van der Waals surface area (Å²) in [4.78, 5) is 0. The molecule has 0 spiro atoms. The van der Waals surface area contributed by atoms with Crippen LogP contribution in [0.1, 0.15) is 38.5 Å². The Morgan fingerprint density at radius 3 is 2.50 bits per heavy atom. The number of ether oxygens (including phenoxy) is 1. The van der Waals surface area contributed by atoms with Crippen LogP contribution >= 0.6 is 0 Å². The molecule has 4 heteroatoms. The molecule has 16 heavy (non-hydrogen) atoms. The summed E-state index contributed by atoms with van der Waals surface area (Å²) in [5.41, 5.74) is 5.80. The lowest BCUT2D eigenvalue weighted by atomic mass is 9.89. The summed E-state index contributed by atoms with van der Waals surface area (Å²) in [5, 5.41) is 0.729. The van der Waals surface area contributed by atoms with Crippen LogP contribution in [0.25, 0.3) is 0 Å². The van der Waals surface area contributed by atoms with Crippen molar-refractivity contribution in [2.45, 2.75) is 49.0 Å². The number of hydrogen-bond donors (Lipinski definition) is 1. The van der Waals surface area contributed by atoms with Gasteiger partial charge in [0, 0.05) is 34.5 Å². The third-order valence-electron chi connectivity index (χ3n) is 3.94. The van der Waals surface area contributed by atoms with Crippen molar-refractivity contribution in [2.75, 3.05) is 19.8 Å². The highest BCUT2D eigenvalue weighted by Gasteiger charge is 2.33. The molecule has 2 aliphatic rings. The van der Waals surface area contributed by atoms with E-state index in [4.69, 9.17) is 10.5 Å². The highest BCUT2D eigenvalue weighted by atomic mass is 32.2. The Morgan fingerprint density at radius 1 is 1.12 bits per heavy atom.